The third-order valence-electron chi connectivity index (χ3n) is 7.33. The topological polar surface area (TPSA) is 454 Å². The summed E-state index contributed by atoms with van der Waals surface area (Å²) in [4.78, 5) is 36.7. The number of carbonyl (C=O) groups is 2. The highest BCUT2D eigenvalue weighted by Crippen LogP contribution is 2.14. The Morgan fingerprint density at radius 2 is 0.823 bits per heavy atom. The zero-order chi connectivity index (χ0) is 45.9. The van der Waals surface area contributed by atoms with E-state index >= 15 is 0 Å². The van der Waals surface area contributed by atoms with Crippen LogP contribution in [0.1, 0.15) is 25.7 Å². The molecule has 24 nitrogen and oxygen atoms in total. The Morgan fingerprint density at radius 3 is 1.08 bits per heavy atom. The molecule has 0 amide bonds. The van der Waals surface area contributed by atoms with Gasteiger partial charge in [-0.1, -0.05) is 36.0 Å². The zero-order valence-electron chi connectivity index (χ0n) is 32.7. The van der Waals surface area contributed by atoms with Gasteiger partial charge in [-0.2, -0.15) is 9.98 Å². The maximum atomic E-state index is 10.1. The lowest BCUT2D eigenvalue weighted by Gasteiger charge is -2.23. The minimum absolute atomic E-state index is 0. The van der Waals surface area contributed by atoms with Gasteiger partial charge in [-0.25, -0.2) is 9.59 Å². The number of anilines is 2. The van der Waals surface area contributed by atoms with Gasteiger partial charge in [0.25, 0.3) is 0 Å². The number of rotatable bonds is 19. The van der Waals surface area contributed by atoms with Crippen LogP contribution in [0, 0.1) is 0 Å². The van der Waals surface area contributed by atoms with E-state index in [1.165, 1.54) is 0 Å². The van der Waals surface area contributed by atoms with Crippen molar-refractivity contribution in [1.82, 2.24) is 0 Å². The molecule has 2 aromatic rings. The number of aliphatic imine (C=N–C) groups is 4. The second kappa shape index (κ2) is 34.1. The van der Waals surface area contributed by atoms with Crippen LogP contribution in [0.5, 0.6) is 0 Å². The molecule has 0 aromatic heterocycles. The molecule has 0 spiro atoms. The highest BCUT2D eigenvalue weighted by atomic mass is 35.5. The molecule has 28 heteroatoms. The summed E-state index contributed by atoms with van der Waals surface area (Å²) in [6, 6.07) is 14.1. The molecule has 0 aliphatic heterocycles. The summed E-state index contributed by atoms with van der Waals surface area (Å²) in [5.74, 6) is -2.89. The molecule has 62 heavy (non-hydrogen) atoms. The fourth-order valence-corrected chi connectivity index (χ4v) is 4.29. The van der Waals surface area contributed by atoms with Crippen LogP contribution < -0.4 is 33.6 Å². The van der Waals surface area contributed by atoms with Gasteiger partial charge in [0.2, 0.25) is 23.8 Å². The van der Waals surface area contributed by atoms with Crippen molar-refractivity contribution in [3.8, 4) is 0 Å². The quantitative estimate of drug-likeness (QED) is 0.0384. The second-order valence-corrected chi connectivity index (χ2v) is 13.1. The number of nitrogens with one attached hydrogen (secondary N) is 2. The molecule has 0 aliphatic rings. The number of carboxylic acid groups (broad SMARTS) is 2. The van der Waals surface area contributed by atoms with E-state index in [9.17, 15) is 9.59 Å². The van der Waals surface area contributed by atoms with Gasteiger partial charge in [-0.05, 0) is 61.4 Å². The zero-order valence-corrected chi connectivity index (χ0v) is 35.9. The van der Waals surface area contributed by atoms with E-state index in [1.54, 1.807) is 48.5 Å². The molecule has 0 fully saturated rings. The van der Waals surface area contributed by atoms with E-state index in [0.29, 0.717) is 23.1 Å². The van der Waals surface area contributed by atoms with Crippen LogP contribution in [0.2, 0.25) is 10.0 Å². The minimum Gasteiger partial charge on any atom is -0.479 e. The highest BCUT2D eigenvalue weighted by molar-refractivity contribution is 6.31. The summed E-state index contributed by atoms with van der Waals surface area (Å²) in [5.41, 5.74) is 24.8. The van der Waals surface area contributed by atoms with Crippen molar-refractivity contribution in [3.63, 3.8) is 0 Å². The molecule has 354 valence electrons. The lowest BCUT2D eigenvalue weighted by atomic mass is 10.0. The van der Waals surface area contributed by atoms with Crippen molar-refractivity contribution in [3.05, 3.63) is 58.6 Å². The van der Waals surface area contributed by atoms with Gasteiger partial charge >= 0.3 is 11.9 Å². The van der Waals surface area contributed by atoms with Crippen molar-refractivity contribution in [2.45, 2.75) is 74.5 Å². The van der Waals surface area contributed by atoms with Crippen LogP contribution in [0.4, 0.5) is 11.4 Å². The smallest absolute Gasteiger partial charge is 0.335 e. The SMILES string of the molecule is Cl.Cl.NC(=NCCCCCCN=C(N)N=C(N)Nc1ccc(Cl)cc1)N=C(N)Nc1ccc(Cl)cc1.O=C(O)[C@H](O)[C@@H](O)[C@H](O)[C@H](O)CO.O=C(O)[C@H](O)[C@@H](O)[C@H](O)[C@H](O)CO. The maximum absolute atomic E-state index is 10.1. The molecular formula is C34H56Cl4N10O14. The van der Waals surface area contributed by atoms with E-state index in [4.69, 9.17) is 107 Å². The molecule has 0 unspecified atom stereocenters. The standard InChI is InChI=1S/C22H30Cl2N10.2C6H12O7.2ClH/c23-15-5-9-17(10-6-15)31-21(27)33-19(25)29-13-3-1-2-4-14-30-20(26)34-22(28)32-18-11-7-16(24)8-12-18;2*7-1-2(8)3(9)4(10)5(11)6(12)13;;/h5-12H,1-4,13-14H2,(H5,25,27,29,31,33)(H5,26,28,30,32,34);2*2-5,7-11H,1H2,(H,12,13);2*1H/t;2*2-,3-,4+,5-;;/m.11../s1. The second-order valence-electron chi connectivity index (χ2n) is 12.2. The van der Waals surface area contributed by atoms with E-state index < -0.39 is 74.0 Å². The molecular weight excluding hydrogens is 914 g/mol. The van der Waals surface area contributed by atoms with Crippen molar-refractivity contribution in [1.29, 1.82) is 0 Å². The summed E-state index contributed by atoms with van der Waals surface area (Å²) in [5, 5.41) is 111. The fourth-order valence-electron chi connectivity index (χ4n) is 4.04. The van der Waals surface area contributed by atoms with Gasteiger partial charge in [0.1, 0.15) is 36.6 Å². The number of hydrogen-bond donors (Lipinski definition) is 18. The van der Waals surface area contributed by atoms with Crippen LogP contribution in [-0.2, 0) is 9.59 Å². The normalized spacial score (nSPS) is 15.7. The third-order valence-corrected chi connectivity index (χ3v) is 7.84. The predicted octanol–water partition coefficient (Wildman–Crippen LogP) is -2.81. The Morgan fingerprint density at radius 1 is 0.532 bits per heavy atom. The van der Waals surface area contributed by atoms with Crippen LogP contribution in [0.15, 0.2) is 68.5 Å². The van der Waals surface area contributed by atoms with Crippen LogP contribution >= 0.6 is 48.0 Å². The predicted molar refractivity (Wildman–Crippen MR) is 237 cm³/mol. The number of nitrogens with two attached hydrogens (primary N) is 4. The van der Waals surface area contributed by atoms with Crippen LogP contribution in [0.25, 0.3) is 0 Å². The first-order chi connectivity index (χ1) is 28.1. The first kappa shape index (κ1) is 61.9. The molecule has 0 radical (unpaired) electrons. The first-order valence-electron chi connectivity index (χ1n) is 17.6. The Bertz CT molecular complexity index is 1560. The minimum atomic E-state index is -2.20. The molecule has 0 bridgehead atoms. The number of aliphatic hydroxyl groups excluding tert-OH is 10. The average molecular weight is 971 g/mol. The summed E-state index contributed by atoms with van der Waals surface area (Å²) in [7, 11) is 0. The number of hydrogen-bond acceptors (Lipinski definition) is 14. The molecule has 2 rings (SSSR count). The van der Waals surface area contributed by atoms with E-state index in [1.807, 2.05) is 0 Å². The summed E-state index contributed by atoms with van der Waals surface area (Å²) in [6.07, 6.45) is -12.0. The van der Waals surface area contributed by atoms with Crippen molar-refractivity contribution in [2.75, 3.05) is 36.9 Å². The molecule has 22 N–H and O–H groups in total. The van der Waals surface area contributed by atoms with Gasteiger partial charge in [0, 0.05) is 34.5 Å². The summed E-state index contributed by atoms with van der Waals surface area (Å²) < 4.78 is 0. The lowest BCUT2D eigenvalue weighted by Crippen LogP contribution is -2.48. The van der Waals surface area contributed by atoms with Crippen LogP contribution in [-0.4, -0.2) is 172 Å². The number of nitrogens with zero attached hydrogens (tertiary/aromatic N) is 4. The number of unbranched alkanes of at least 4 members (excludes halogenated alkanes) is 3. The van der Waals surface area contributed by atoms with Gasteiger partial charge < -0.3 is 94.8 Å². The number of aliphatic carboxylic acids is 2. The van der Waals surface area contributed by atoms with Crippen molar-refractivity contribution >= 4 is 95.2 Å². The largest absolute Gasteiger partial charge is 0.479 e. The van der Waals surface area contributed by atoms with E-state index in [0.717, 1.165) is 37.1 Å². The average Bonchev–Trinajstić information content (AvgIpc) is 3.21. The summed E-state index contributed by atoms with van der Waals surface area (Å²) >= 11 is 11.7. The molecule has 8 atom stereocenters. The van der Waals surface area contributed by atoms with Crippen molar-refractivity contribution in [2.24, 2.45) is 42.9 Å². The van der Waals surface area contributed by atoms with Crippen LogP contribution in [0.3, 0.4) is 0 Å². The third kappa shape index (κ3) is 26.8. The maximum Gasteiger partial charge on any atom is 0.335 e. The number of benzene rings is 2. The summed E-state index contributed by atoms with van der Waals surface area (Å²) in [6.45, 7) is -0.562. The Hall–Kier alpha value is -4.38. The number of aliphatic hydroxyl groups is 10. The van der Waals surface area contributed by atoms with Gasteiger partial charge in [0.15, 0.2) is 12.2 Å². The Kier molecular flexibility index (Phi) is 34.1. The monoisotopic (exact) mass is 968 g/mol. The van der Waals surface area contributed by atoms with Gasteiger partial charge in [-0.3, -0.25) is 9.98 Å². The highest BCUT2D eigenvalue weighted by Gasteiger charge is 2.34. The van der Waals surface area contributed by atoms with Crippen molar-refractivity contribution < 1.29 is 70.9 Å². The molecule has 0 saturated carbocycles. The molecule has 2 aromatic carbocycles. The molecule has 0 heterocycles. The molecule has 0 saturated heterocycles. The fraction of sp³-hybridized carbons (Fsp3) is 0.471. The number of halogens is 4. The lowest BCUT2D eigenvalue weighted by molar-refractivity contribution is -0.164. The Labute approximate surface area is 377 Å². The number of guanidine groups is 4. The van der Waals surface area contributed by atoms with E-state index in [2.05, 4.69) is 30.6 Å². The van der Waals surface area contributed by atoms with Gasteiger partial charge in [-0.15, -0.1) is 24.8 Å². The number of carboxylic acids is 2. The molecule has 0 aliphatic carbocycles. The van der Waals surface area contributed by atoms with Gasteiger partial charge in [0.05, 0.1) is 13.2 Å². The Balaban J connectivity index is -0.00000103. The first-order valence-corrected chi connectivity index (χ1v) is 18.4. The van der Waals surface area contributed by atoms with E-state index in [-0.39, 0.29) is 48.7 Å².